The molecule has 0 spiro atoms. The van der Waals surface area contributed by atoms with Crippen LogP contribution in [-0.2, 0) is 5.41 Å². The standard InChI is InChI=1S/C13H13NO4S/c1-13(2,3)12-14-8-4-6(10(15)16)7(11(17)18)5-9(8)19-12/h4-5H,1-3H3,(H,15,16)(H,17,18). The van der Waals surface area contributed by atoms with Crippen LogP contribution in [0.2, 0.25) is 0 Å². The number of rotatable bonds is 2. The summed E-state index contributed by atoms with van der Waals surface area (Å²) >= 11 is 1.39. The van der Waals surface area contributed by atoms with Crippen molar-refractivity contribution < 1.29 is 19.8 Å². The lowest BCUT2D eigenvalue weighted by atomic mass is 9.98. The zero-order chi connectivity index (χ0) is 14.4. The molecule has 0 aliphatic heterocycles. The molecule has 0 unspecified atom stereocenters. The SMILES string of the molecule is CC(C)(C)c1nc2cc(C(=O)O)c(C(=O)O)cc2s1. The molecule has 1 aromatic heterocycles. The molecule has 0 amide bonds. The first-order valence-electron chi connectivity index (χ1n) is 5.62. The van der Waals surface area contributed by atoms with Crippen molar-refractivity contribution in [1.82, 2.24) is 4.98 Å². The summed E-state index contributed by atoms with van der Waals surface area (Å²) in [6.07, 6.45) is 0. The van der Waals surface area contributed by atoms with Gasteiger partial charge in [0, 0.05) is 5.41 Å². The molecule has 5 nitrogen and oxygen atoms in total. The second-order valence-electron chi connectivity index (χ2n) is 5.24. The summed E-state index contributed by atoms with van der Waals surface area (Å²) in [6, 6.07) is 2.71. The number of hydrogen-bond acceptors (Lipinski definition) is 4. The van der Waals surface area contributed by atoms with Gasteiger partial charge in [-0.25, -0.2) is 14.6 Å². The number of aromatic carboxylic acids is 2. The van der Waals surface area contributed by atoms with Crippen molar-refractivity contribution in [3.05, 3.63) is 28.3 Å². The van der Waals surface area contributed by atoms with Crippen molar-refractivity contribution in [3.63, 3.8) is 0 Å². The summed E-state index contributed by atoms with van der Waals surface area (Å²) in [5, 5.41) is 19.0. The number of nitrogens with zero attached hydrogens (tertiary/aromatic N) is 1. The molecule has 1 heterocycles. The van der Waals surface area contributed by atoms with Crippen LogP contribution in [0.1, 0.15) is 46.5 Å². The van der Waals surface area contributed by atoms with E-state index in [2.05, 4.69) is 4.98 Å². The van der Waals surface area contributed by atoms with E-state index in [0.29, 0.717) is 10.2 Å². The summed E-state index contributed by atoms with van der Waals surface area (Å²) in [7, 11) is 0. The van der Waals surface area contributed by atoms with Gasteiger partial charge in [-0.3, -0.25) is 0 Å². The highest BCUT2D eigenvalue weighted by molar-refractivity contribution is 7.18. The fourth-order valence-corrected chi connectivity index (χ4v) is 2.69. The maximum atomic E-state index is 11.1. The molecule has 0 aliphatic rings. The summed E-state index contributed by atoms with van der Waals surface area (Å²) in [6.45, 7) is 6.00. The van der Waals surface area contributed by atoms with Crippen molar-refractivity contribution >= 4 is 33.5 Å². The van der Waals surface area contributed by atoms with E-state index in [1.807, 2.05) is 20.8 Å². The second-order valence-corrected chi connectivity index (χ2v) is 6.28. The highest BCUT2D eigenvalue weighted by Crippen LogP contribution is 2.32. The molecule has 2 N–H and O–H groups in total. The average Bonchev–Trinajstić information content (AvgIpc) is 2.69. The van der Waals surface area contributed by atoms with Crippen LogP contribution in [0.15, 0.2) is 12.1 Å². The molecule has 0 fully saturated rings. The molecule has 2 rings (SSSR count). The van der Waals surface area contributed by atoms with E-state index in [4.69, 9.17) is 10.2 Å². The minimum absolute atomic E-state index is 0.156. The molecule has 100 valence electrons. The maximum Gasteiger partial charge on any atom is 0.336 e. The maximum absolute atomic E-state index is 11.1. The van der Waals surface area contributed by atoms with E-state index in [1.165, 1.54) is 23.5 Å². The van der Waals surface area contributed by atoms with Gasteiger partial charge in [-0.1, -0.05) is 20.8 Å². The minimum Gasteiger partial charge on any atom is -0.478 e. The summed E-state index contributed by atoms with van der Waals surface area (Å²) in [5.74, 6) is -2.50. The van der Waals surface area contributed by atoms with Crippen LogP contribution in [-0.4, -0.2) is 27.1 Å². The topological polar surface area (TPSA) is 87.5 Å². The number of aromatic nitrogens is 1. The quantitative estimate of drug-likeness (QED) is 0.882. The van der Waals surface area contributed by atoms with E-state index < -0.39 is 11.9 Å². The number of thiazole rings is 1. The van der Waals surface area contributed by atoms with Gasteiger partial charge in [0.15, 0.2) is 0 Å². The van der Waals surface area contributed by atoms with E-state index in [-0.39, 0.29) is 16.5 Å². The molecular weight excluding hydrogens is 266 g/mol. The Morgan fingerprint density at radius 1 is 1.11 bits per heavy atom. The fourth-order valence-electron chi connectivity index (χ4n) is 1.65. The van der Waals surface area contributed by atoms with Crippen molar-refractivity contribution in [3.8, 4) is 0 Å². The number of hydrogen-bond donors (Lipinski definition) is 2. The summed E-state index contributed by atoms with van der Waals surface area (Å²) in [4.78, 5) is 26.6. The number of benzene rings is 1. The molecule has 6 heteroatoms. The van der Waals surface area contributed by atoms with Gasteiger partial charge in [0.05, 0.1) is 26.4 Å². The molecule has 0 saturated heterocycles. The van der Waals surface area contributed by atoms with Crippen molar-refractivity contribution in [2.24, 2.45) is 0 Å². The Bertz CT molecular complexity index is 631. The highest BCUT2D eigenvalue weighted by atomic mass is 32.1. The minimum atomic E-state index is -1.26. The van der Waals surface area contributed by atoms with Crippen LogP contribution in [0.4, 0.5) is 0 Å². The molecule has 0 atom stereocenters. The lowest BCUT2D eigenvalue weighted by Crippen LogP contribution is -2.10. The first-order chi connectivity index (χ1) is 8.70. The fraction of sp³-hybridized carbons (Fsp3) is 0.308. The molecule has 1 aromatic carbocycles. The van der Waals surface area contributed by atoms with Gasteiger partial charge >= 0.3 is 11.9 Å². The van der Waals surface area contributed by atoms with Gasteiger partial charge in [0.1, 0.15) is 0 Å². The van der Waals surface area contributed by atoms with E-state index in [0.717, 1.165) is 5.01 Å². The largest absolute Gasteiger partial charge is 0.478 e. The van der Waals surface area contributed by atoms with Crippen LogP contribution >= 0.6 is 11.3 Å². The number of carboxylic acid groups (broad SMARTS) is 2. The smallest absolute Gasteiger partial charge is 0.336 e. The Kier molecular flexibility index (Phi) is 3.06. The molecular formula is C13H13NO4S. The van der Waals surface area contributed by atoms with Gasteiger partial charge in [0.2, 0.25) is 0 Å². The van der Waals surface area contributed by atoms with Crippen molar-refractivity contribution in [2.75, 3.05) is 0 Å². The molecule has 0 aliphatic carbocycles. The van der Waals surface area contributed by atoms with Crippen LogP contribution in [0.3, 0.4) is 0 Å². The van der Waals surface area contributed by atoms with Gasteiger partial charge in [-0.15, -0.1) is 11.3 Å². The average molecular weight is 279 g/mol. The van der Waals surface area contributed by atoms with Gasteiger partial charge in [-0.05, 0) is 12.1 Å². The normalized spacial score (nSPS) is 11.7. The Balaban J connectivity index is 2.74. The van der Waals surface area contributed by atoms with E-state index >= 15 is 0 Å². The second kappa shape index (κ2) is 4.31. The van der Waals surface area contributed by atoms with Gasteiger partial charge in [0.25, 0.3) is 0 Å². The highest BCUT2D eigenvalue weighted by Gasteiger charge is 2.22. The Morgan fingerprint density at radius 3 is 2.11 bits per heavy atom. The predicted octanol–water partition coefficient (Wildman–Crippen LogP) is 2.99. The van der Waals surface area contributed by atoms with Gasteiger partial charge in [-0.2, -0.15) is 0 Å². The number of carbonyl (C=O) groups is 2. The van der Waals surface area contributed by atoms with Crippen LogP contribution in [0.5, 0.6) is 0 Å². The third-order valence-corrected chi connectivity index (χ3v) is 4.07. The molecule has 0 bridgehead atoms. The van der Waals surface area contributed by atoms with Crippen LogP contribution < -0.4 is 0 Å². The Hall–Kier alpha value is -1.95. The van der Waals surface area contributed by atoms with Gasteiger partial charge < -0.3 is 10.2 Å². The van der Waals surface area contributed by atoms with Crippen molar-refractivity contribution in [1.29, 1.82) is 0 Å². The molecule has 2 aromatic rings. The lowest BCUT2D eigenvalue weighted by molar-refractivity contribution is 0.0652. The Morgan fingerprint density at radius 2 is 1.63 bits per heavy atom. The van der Waals surface area contributed by atoms with Crippen molar-refractivity contribution in [2.45, 2.75) is 26.2 Å². The first kappa shape index (κ1) is 13.5. The first-order valence-corrected chi connectivity index (χ1v) is 6.43. The number of fused-ring (bicyclic) bond motifs is 1. The molecule has 0 radical (unpaired) electrons. The summed E-state index contributed by atoms with van der Waals surface area (Å²) < 4.78 is 0.687. The van der Waals surface area contributed by atoms with E-state index in [9.17, 15) is 9.59 Å². The molecule has 19 heavy (non-hydrogen) atoms. The zero-order valence-corrected chi connectivity index (χ0v) is 11.5. The molecule has 0 saturated carbocycles. The third-order valence-electron chi connectivity index (χ3n) is 2.63. The monoisotopic (exact) mass is 279 g/mol. The van der Waals surface area contributed by atoms with Crippen LogP contribution in [0.25, 0.3) is 10.2 Å². The van der Waals surface area contributed by atoms with Crippen LogP contribution in [0, 0.1) is 0 Å². The van der Waals surface area contributed by atoms with E-state index in [1.54, 1.807) is 0 Å². The third kappa shape index (κ3) is 2.44. The number of carboxylic acids is 2. The zero-order valence-electron chi connectivity index (χ0n) is 10.7. The Labute approximate surface area is 113 Å². The predicted molar refractivity (Wildman–Crippen MR) is 72.2 cm³/mol. The lowest BCUT2D eigenvalue weighted by Gasteiger charge is -2.13. The summed E-state index contributed by atoms with van der Waals surface area (Å²) in [5.41, 5.74) is -0.0663.